The lowest BCUT2D eigenvalue weighted by Gasteiger charge is -2.29. The first-order chi connectivity index (χ1) is 11.3. The fourth-order valence-corrected chi connectivity index (χ4v) is 2.55. The van der Waals surface area contributed by atoms with Gasteiger partial charge < -0.3 is 15.0 Å². The van der Waals surface area contributed by atoms with Crippen molar-refractivity contribution in [1.82, 2.24) is 15.3 Å². The van der Waals surface area contributed by atoms with Gasteiger partial charge in [0.2, 0.25) is 0 Å². The van der Waals surface area contributed by atoms with Crippen LogP contribution in [0.5, 0.6) is 0 Å². The number of rotatable bonds is 5. The van der Waals surface area contributed by atoms with Crippen LogP contribution in [-0.2, 0) is 11.2 Å². The SMILES string of the molecule is O=C(NCCc1ccccn1)c1cccnc1N1CCOCC1. The summed E-state index contributed by atoms with van der Waals surface area (Å²) in [4.78, 5) is 23.2. The molecule has 0 radical (unpaired) electrons. The molecule has 120 valence electrons. The molecule has 0 bridgehead atoms. The highest BCUT2D eigenvalue weighted by Gasteiger charge is 2.19. The standard InChI is InChI=1S/C17H20N4O2/c22-17(20-9-6-14-4-1-2-7-18-14)15-5-3-8-19-16(15)21-10-12-23-13-11-21/h1-5,7-8H,6,9-13H2,(H,20,22). The quantitative estimate of drug-likeness (QED) is 0.901. The third-order valence-corrected chi connectivity index (χ3v) is 3.73. The maximum atomic E-state index is 12.5. The maximum Gasteiger partial charge on any atom is 0.255 e. The molecule has 0 aromatic carbocycles. The summed E-state index contributed by atoms with van der Waals surface area (Å²) < 4.78 is 5.36. The zero-order valence-corrected chi connectivity index (χ0v) is 12.9. The van der Waals surface area contributed by atoms with E-state index in [1.807, 2.05) is 24.3 Å². The summed E-state index contributed by atoms with van der Waals surface area (Å²) in [7, 11) is 0. The minimum Gasteiger partial charge on any atom is -0.378 e. The van der Waals surface area contributed by atoms with Crippen LogP contribution in [0.4, 0.5) is 5.82 Å². The number of nitrogens with zero attached hydrogens (tertiary/aromatic N) is 3. The summed E-state index contributed by atoms with van der Waals surface area (Å²) in [6, 6.07) is 9.38. The van der Waals surface area contributed by atoms with Crippen LogP contribution < -0.4 is 10.2 Å². The van der Waals surface area contributed by atoms with Gasteiger partial charge in [-0.2, -0.15) is 0 Å². The zero-order valence-electron chi connectivity index (χ0n) is 12.9. The molecule has 6 heteroatoms. The molecule has 1 fully saturated rings. The lowest BCUT2D eigenvalue weighted by atomic mass is 10.2. The second-order valence-corrected chi connectivity index (χ2v) is 5.30. The van der Waals surface area contributed by atoms with Gasteiger partial charge in [0.05, 0.1) is 18.8 Å². The Balaban J connectivity index is 1.62. The van der Waals surface area contributed by atoms with Crippen LogP contribution in [-0.4, -0.2) is 48.7 Å². The number of amides is 1. The monoisotopic (exact) mass is 312 g/mol. The van der Waals surface area contributed by atoms with Crippen molar-refractivity contribution in [2.45, 2.75) is 6.42 Å². The average Bonchev–Trinajstić information content (AvgIpc) is 2.63. The van der Waals surface area contributed by atoms with Crippen LogP contribution >= 0.6 is 0 Å². The van der Waals surface area contributed by atoms with Crippen LogP contribution in [0.25, 0.3) is 0 Å². The average molecular weight is 312 g/mol. The summed E-state index contributed by atoms with van der Waals surface area (Å²) in [6.45, 7) is 3.39. The van der Waals surface area contributed by atoms with Gasteiger partial charge in [-0.1, -0.05) is 6.07 Å². The number of anilines is 1. The van der Waals surface area contributed by atoms with Crippen molar-refractivity contribution in [2.75, 3.05) is 37.7 Å². The Morgan fingerprint density at radius 3 is 2.74 bits per heavy atom. The number of morpholine rings is 1. The second-order valence-electron chi connectivity index (χ2n) is 5.30. The lowest BCUT2D eigenvalue weighted by molar-refractivity contribution is 0.0952. The summed E-state index contributed by atoms with van der Waals surface area (Å²) in [6.07, 6.45) is 4.18. The van der Waals surface area contributed by atoms with Crippen LogP contribution in [0.1, 0.15) is 16.1 Å². The predicted octanol–water partition coefficient (Wildman–Crippen LogP) is 1.29. The number of carbonyl (C=O) groups excluding carboxylic acids is 1. The Morgan fingerprint density at radius 1 is 1.13 bits per heavy atom. The van der Waals surface area contributed by atoms with Crippen LogP contribution in [0.15, 0.2) is 42.7 Å². The molecule has 0 saturated carbocycles. The number of nitrogens with one attached hydrogen (secondary N) is 1. The van der Waals surface area contributed by atoms with Gasteiger partial charge in [0, 0.05) is 44.1 Å². The van der Waals surface area contributed by atoms with E-state index in [2.05, 4.69) is 20.2 Å². The number of hydrogen-bond acceptors (Lipinski definition) is 5. The molecule has 1 saturated heterocycles. The Labute approximate surface area is 135 Å². The molecular weight excluding hydrogens is 292 g/mol. The van der Waals surface area contributed by atoms with Gasteiger partial charge in [-0.25, -0.2) is 4.98 Å². The van der Waals surface area contributed by atoms with Gasteiger partial charge in [0.15, 0.2) is 0 Å². The van der Waals surface area contributed by atoms with Crippen molar-refractivity contribution < 1.29 is 9.53 Å². The van der Waals surface area contributed by atoms with Gasteiger partial charge in [-0.3, -0.25) is 9.78 Å². The van der Waals surface area contributed by atoms with Gasteiger partial charge >= 0.3 is 0 Å². The summed E-state index contributed by atoms with van der Waals surface area (Å²) in [5.41, 5.74) is 1.57. The molecule has 2 aromatic rings. The van der Waals surface area contributed by atoms with Crippen LogP contribution in [0.3, 0.4) is 0 Å². The van der Waals surface area contributed by atoms with Gasteiger partial charge in [-0.15, -0.1) is 0 Å². The van der Waals surface area contributed by atoms with E-state index in [9.17, 15) is 4.79 Å². The Bertz CT molecular complexity index is 642. The van der Waals surface area contributed by atoms with Gasteiger partial charge in [-0.05, 0) is 24.3 Å². The molecule has 3 rings (SSSR count). The van der Waals surface area contributed by atoms with Crippen molar-refractivity contribution in [3.8, 4) is 0 Å². The largest absolute Gasteiger partial charge is 0.378 e. The number of carbonyl (C=O) groups is 1. The number of aromatic nitrogens is 2. The second kappa shape index (κ2) is 7.69. The molecule has 1 N–H and O–H groups in total. The minimum atomic E-state index is -0.101. The highest BCUT2D eigenvalue weighted by Crippen LogP contribution is 2.18. The number of hydrogen-bond donors (Lipinski definition) is 1. The van der Waals surface area contributed by atoms with Crippen molar-refractivity contribution in [3.05, 3.63) is 54.0 Å². The van der Waals surface area contributed by atoms with E-state index in [0.29, 0.717) is 31.7 Å². The molecule has 1 amide bonds. The van der Waals surface area contributed by atoms with Crippen molar-refractivity contribution in [2.24, 2.45) is 0 Å². The van der Waals surface area contributed by atoms with Crippen molar-refractivity contribution >= 4 is 11.7 Å². The van der Waals surface area contributed by atoms with Gasteiger partial charge in [0.25, 0.3) is 5.91 Å². The molecule has 1 aliphatic heterocycles. The topological polar surface area (TPSA) is 67.4 Å². The molecule has 1 aliphatic rings. The zero-order chi connectivity index (χ0) is 15.9. The number of ether oxygens (including phenoxy) is 1. The molecule has 0 spiro atoms. The molecule has 6 nitrogen and oxygen atoms in total. The lowest BCUT2D eigenvalue weighted by Crippen LogP contribution is -2.38. The molecule has 3 heterocycles. The first-order valence-corrected chi connectivity index (χ1v) is 7.80. The first-order valence-electron chi connectivity index (χ1n) is 7.80. The highest BCUT2D eigenvalue weighted by molar-refractivity contribution is 5.98. The molecular formula is C17H20N4O2. The molecule has 2 aromatic heterocycles. The summed E-state index contributed by atoms with van der Waals surface area (Å²) >= 11 is 0. The summed E-state index contributed by atoms with van der Waals surface area (Å²) in [5, 5.41) is 2.95. The third kappa shape index (κ3) is 4.04. The minimum absolute atomic E-state index is 0.101. The van der Waals surface area contributed by atoms with E-state index in [1.54, 1.807) is 18.5 Å². The highest BCUT2D eigenvalue weighted by atomic mass is 16.5. The first kappa shape index (κ1) is 15.4. The van der Waals surface area contributed by atoms with E-state index in [4.69, 9.17) is 4.74 Å². The fraction of sp³-hybridized carbons (Fsp3) is 0.353. The van der Waals surface area contributed by atoms with Gasteiger partial charge in [0.1, 0.15) is 5.82 Å². The molecule has 0 unspecified atom stereocenters. The maximum absolute atomic E-state index is 12.5. The van der Waals surface area contributed by atoms with Crippen molar-refractivity contribution in [1.29, 1.82) is 0 Å². The smallest absolute Gasteiger partial charge is 0.255 e. The van der Waals surface area contributed by atoms with E-state index in [0.717, 1.165) is 24.6 Å². The Kier molecular flexibility index (Phi) is 5.16. The van der Waals surface area contributed by atoms with Crippen LogP contribution in [0.2, 0.25) is 0 Å². The normalized spacial score (nSPS) is 14.5. The third-order valence-electron chi connectivity index (χ3n) is 3.73. The Morgan fingerprint density at radius 2 is 1.96 bits per heavy atom. The van der Waals surface area contributed by atoms with E-state index in [-0.39, 0.29) is 5.91 Å². The van der Waals surface area contributed by atoms with E-state index in [1.165, 1.54) is 0 Å². The van der Waals surface area contributed by atoms with E-state index >= 15 is 0 Å². The number of pyridine rings is 2. The molecule has 23 heavy (non-hydrogen) atoms. The Hall–Kier alpha value is -2.47. The molecule has 0 aliphatic carbocycles. The fourth-order valence-electron chi connectivity index (χ4n) is 2.55. The van der Waals surface area contributed by atoms with Crippen LogP contribution in [0, 0.1) is 0 Å². The van der Waals surface area contributed by atoms with Crippen molar-refractivity contribution in [3.63, 3.8) is 0 Å². The van der Waals surface area contributed by atoms with E-state index < -0.39 is 0 Å². The predicted molar refractivity (Wildman–Crippen MR) is 87.5 cm³/mol. The summed E-state index contributed by atoms with van der Waals surface area (Å²) in [5.74, 6) is 0.627. The molecule has 0 atom stereocenters.